The van der Waals surface area contributed by atoms with E-state index in [4.69, 9.17) is 11.6 Å². The first-order valence-corrected chi connectivity index (χ1v) is 15.2. The van der Waals surface area contributed by atoms with Gasteiger partial charge in [0, 0.05) is 29.2 Å². The zero-order valence-corrected chi connectivity index (χ0v) is 22.1. The molecule has 1 saturated heterocycles. The Morgan fingerprint density at radius 2 is 1.81 bits per heavy atom. The van der Waals surface area contributed by atoms with Gasteiger partial charge in [0.25, 0.3) is 0 Å². The zero-order valence-electron chi connectivity index (χ0n) is 20.5. The monoisotopic (exact) mass is 528 g/mol. The summed E-state index contributed by atoms with van der Waals surface area (Å²) in [7, 11) is -3.36. The normalized spacial score (nSPS) is 33.4. The highest BCUT2D eigenvalue weighted by atomic mass is 35.5. The van der Waals surface area contributed by atoms with Crippen LogP contribution in [0, 0.1) is 23.7 Å². The van der Waals surface area contributed by atoms with E-state index in [2.05, 4.69) is 9.62 Å². The summed E-state index contributed by atoms with van der Waals surface area (Å²) in [5, 5.41) is 11.5. The molecule has 2 aromatic rings. The molecule has 36 heavy (non-hydrogen) atoms. The van der Waals surface area contributed by atoms with E-state index in [1.54, 1.807) is 18.2 Å². The van der Waals surface area contributed by atoms with E-state index in [1.807, 2.05) is 24.3 Å². The van der Waals surface area contributed by atoms with Gasteiger partial charge in [-0.1, -0.05) is 35.9 Å². The van der Waals surface area contributed by atoms with Crippen molar-refractivity contribution in [3.05, 3.63) is 53.1 Å². The van der Waals surface area contributed by atoms with Gasteiger partial charge in [0.1, 0.15) is 0 Å². The number of nitrogens with zero attached hydrogens (tertiary/aromatic N) is 1. The van der Waals surface area contributed by atoms with Crippen molar-refractivity contribution in [2.75, 3.05) is 17.5 Å². The molecular weight excluding hydrogens is 496 g/mol. The van der Waals surface area contributed by atoms with Gasteiger partial charge in [-0.25, -0.2) is 8.42 Å². The molecule has 2 aromatic carbocycles. The first kappa shape index (κ1) is 24.3. The summed E-state index contributed by atoms with van der Waals surface area (Å²) >= 11 is 6.69. The molecular formula is C28H33ClN2O4S. The number of amides is 1. The topological polar surface area (TPSA) is 86.7 Å². The predicted octanol–water partition coefficient (Wildman–Crippen LogP) is 4.71. The van der Waals surface area contributed by atoms with Crippen molar-refractivity contribution < 1.29 is 18.3 Å². The van der Waals surface area contributed by atoms with E-state index in [9.17, 15) is 18.3 Å². The van der Waals surface area contributed by atoms with E-state index >= 15 is 0 Å². The molecule has 4 bridgehead atoms. The highest BCUT2D eigenvalue weighted by molar-refractivity contribution is 7.92. The van der Waals surface area contributed by atoms with Crippen LogP contribution < -0.4 is 4.72 Å². The minimum absolute atomic E-state index is 0.0593. The molecule has 192 valence electrons. The molecule has 1 aliphatic heterocycles. The van der Waals surface area contributed by atoms with Crippen LogP contribution >= 0.6 is 11.6 Å². The van der Waals surface area contributed by atoms with E-state index in [1.165, 1.54) is 0 Å². The average Bonchev–Trinajstić information content (AvgIpc) is 3.13. The maximum absolute atomic E-state index is 13.5. The second kappa shape index (κ2) is 8.74. The van der Waals surface area contributed by atoms with Crippen LogP contribution in [0.15, 0.2) is 42.5 Å². The number of anilines is 1. The summed E-state index contributed by atoms with van der Waals surface area (Å²) in [6.45, 7) is 0.806. The fourth-order valence-corrected chi connectivity index (χ4v) is 8.66. The second-order valence-corrected chi connectivity index (χ2v) is 13.8. The maximum atomic E-state index is 13.5. The molecule has 5 fully saturated rings. The van der Waals surface area contributed by atoms with Crippen LogP contribution in [0.1, 0.15) is 44.1 Å². The molecule has 1 heterocycles. The summed E-state index contributed by atoms with van der Waals surface area (Å²) in [6.07, 6.45) is 7.58. The molecule has 4 saturated carbocycles. The van der Waals surface area contributed by atoms with Gasteiger partial charge in [-0.05, 0) is 97.6 Å². The minimum atomic E-state index is -3.36. The van der Waals surface area contributed by atoms with Gasteiger partial charge in [-0.2, -0.15) is 0 Å². The number of aliphatic hydroxyl groups is 1. The third kappa shape index (κ3) is 4.54. The van der Waals surface area contributed by atoms with Crippen LogP contribution in [0.2, 0.25) is 5.02 Å². The second-order valence-electron chi connectivity index (χ2n) is 11.7. The smallest absolute Gasteiger partial charge is 0.229 e. The lowest BCUT2D eigenvalue weighted by Crippen LogP contribution is -2.62. The summed E-state index contributed by atoms with van der Waals surface area (Å²) < 4.78 is 25.7. The first-order chi connectivity index (χ1) is 17.1. The van der Waals surface area contributed by atoms with Crippen LogP contribution in [0.25, 0.3) is 11.1 Å². The van der Waals surface area contributed by atoms with Gasteiger partial charge in [-0.3, -0.25) is 9.52 Å². The number of nitrogens with one attached hydrogen (secondary N) is 1. The highest BCUT2D eigenvalue weighted by Gasteiger charge is 2.57. The number of hydrogen-bond acceptors (Lipinski definition) is 4. The molecule has 0 aromatic heterocycles. The van der Waals surface area contributed by atoms with Crippen LogP contribution in [0.4, 0.5) is 5.69 Å². The molecule has 6 nitrogen and oxygen atoms in total. The molecule has 0 radical (unpaired) electrons. The van der Waals surface area contributed by atoms with Crippen molar-refractivity contribution >= 4 is 33.2 Å². The lowest BCUT2D eigenvalue weighted by atomic mass is 9.52. The predicted molar refractivity (Wildman–Crippen MR) is 141 cm³/mol. The number of benzene rings is 2. The Kier molecular flexibility index (Phi) is 5.89. The van der Waals surface area contributed by atoms with E-state index < -0.39 is 15.6 Å². The first-order valence-electron chi connectivity index (χ1n) is 13.0. The van der Waals surface area contributed by atoms with Crippen molar-refractivity contribution in [1.82, 2.24) is 4.90 Å². The number of carbonyl (C=O) groups excluding carboxylic acids is 1. The molecule has 2 N–H and O–H groups in total. The molecule has 8 heteroatoms. The van der Waals surface area contributed by atoms with Crippen LogP contribution in [0.5, 0.6) is 0 Å². The van der Waals surface area contributed by atoms with Crippen LogP contribution in [0.3, 0.4) is 0 Å². The van der Waals surface area contributed by atoms with Crippen molar-refractivity contribution in [1.29, 1.82) is 0 Å². The molecule has 3 unspecified atom stereocenters. The molecule has 7 rings (SSSR count). The molecule has 5 aliphatic rings. The third-order valence-corrected chi connectivity index (χ3v) is 9.88. The Labute approximate surface area is 218 Å². The van der Waals surface area contributed by atoms with E-state index in [0.717, 1.165) is 68.0 Å². The molecule has 0 spiro atoms. The average molecular weight is 529 g/mol. The van der Waals surface area contributed by atoms with E-state index in [-0.39, 0.29) is 11.8 Å². The third-order valence-electron chi connectivity index (χ3n) is 8.92. The van der Waals surface area contributed by atoms with E-state index in [0.29, 0.717) is 40.9 Å². The van der Waals surface area contributed by atoms with Gasteiger partial charge in [0.05, 0.1) is 11.9 Å². The molecule has 1 amide bonds. The number of likely N-dealkylation sites (tertiary alicyclic amines) is 1. The Morgan fingerprint density at radius 1 is 1.08 bits per heavy atom. The van der Waals surface area contributed by atoms with Crippen LogP contribution in [-0.4, -0.2) is 48.8 Å². The molecule has 4 aliphatic carbocycles. The summed E-state index contributed by atoms with van der Waals surface area (Å²) in [5.41, 5.74) is 2.75. The molecule has 3 atom stereocenters. The number of sulfonamides is 1. The Hall–Kier alpha value is -2.09. The maximum Gasteiger partial charge on any atom is 0.229 e. The van der Waals surface area contributed by atoms with Crippen LogP contribution in [-0.2, 0) is 21.2 Å². The SMILES string of the molecule is CS(=O)(=O)Nc1cccc(-c2ccc(CC3CCN(C4C5CC6CC4CC(O)(C6)C5)C3=O)c(Cl)c2)c1. The van der Waals surface area contributed by atoms with Gasteiger partial charge >= 0.3 is 0 Å². The zero-order chi connectivity index (χ0) is 25.2. The lowest BCUT2D eigenvalue weighted by Gasteiger charge is -2.59. The number of rotatable bonds is 6. The standard InChI is InChI=1S/C28H33ClN2O4S/c1-36(34,35)30-24-4-2-3-18(12-24)19-5-6-20(25(29)13-19)11-21-7-8-31(27(21)32)26-22-9-17-10-23(26)16-28(33,14-17)15-22/h2-6,12-13,17,21-23,26,30,33H,7-11,14-16H2,1H3. The highest BCUT2D eigenvalue weighted by Crippen LogP contribution is 2.57. The largest absolute Gasteiger partial charge is 0.390 e. The van der Waals surface area contributed by atoms with Gasteiger partial charge in [0.2, 0.25) is 15.9 Å². The van der Waals surface area contributed by atoms with Crippen molar-refractivity contribution in [2.24, 2.45) is 23.7 Å². The summed E-state index contributed by atoms with van der Waals surface area (Å²) in [6, 6.07) is 13.4. The number of carbonyl (C=O) groups is 1. The van der Waals surface area contributed by atoms with Gasteiger partial charge in [-0.15, -0.1) is 0 Å². The number of hydrogen-bond donors (Lipinski definition) is 2. The fourth-order valence-electron chi connectivity index (χ4n) is 7.85. The van der Waals surface area contributed by atoms with Crippen molar-refractivity contribution in [2.45, 2.75) is 56.6 Å². The fraction of sp³-hybridized carbons (Fsp3) is 0.536. The number of halogens is 1. The van der Waals surface area contributed by atoms with Crippen molar-refractivity contribution in [3.8, 4) is 11.1 Å². The lowest BCUT2D eigenvalue weighted by molar-refractivity contribution is -0.168. The van der Waals surface area contributed by atoms with Gasteiger partial charge in [0.15, 0.2) is 0 Å². The Bertz CT molecular complexity index is 1300. The summed E-state index contributed by atoms with van der Waals surface area (Å²) in [4.78, 5) is 15.7. The Morgan fingerprint density at radius 3 is 2.47 bits per heavy atom. The van der Waals surface area contributed by atoms with Crippen molar-refractivity contribution in [3.63, 3.8) is 0 Å². The minimum Gasteiger partial charge on any atom is -0.390 e. The Balaban J connectivity index is 1.15. The van der Waals surface area contributed by atoms with Gasteiger partial charge < -0.3 is 10.0 Å². The summed E-state index contributed by atoms with van der Waals surface area (Å²) in [5.74, 6) is 1.71. The quantitative estimate of drug-likeness (QED) is 0.568.